The highest BCUT2D eigenvalue weighted by atomic mass is 79.9. The van der Waals surface area contributed by atoms with Crippen molar-refractivity contribution in [3.8, 4) is 11.3 Å². The second-order valence-electron chi connectivity index (χ2n) is 5.56. The van der Waals surface area contributed by atoms with Gasteiger partial charge in [0.1, 0.15) is 0 Å². The molecular weight excluding hydrogens is 396 g/mol. The molecule has 0 bridgehead atoms. The molecule has 0 fully saturated rings. The Morgan fingerprint density at radius 2 is 1.77 bits per heavy atom. The number of aromatic nitrogens is 3. The largest absolute Gasteiger partial charge is 0.380 e. The molecule has 0 amide bonds. The van der Waals surface area contributed by atoms with Crippen molar-refractivity contribution < 1.29 is 0 Å². The number of rotatable bonds is 3. The number of hydrogen-bond acceptors (Lipinski definition) is 5. The molecule has 26 heavy (non-hydrogen) atoms. The number of nitrogens with one attached hydrogen (secondary N) is 1. The number of azo groups is 1. The predicted octanol–water partition coefficient (Wildman–Crippen LogP) is 4.45. The number of benzene rings is 2. The smallest absolute Gasteiger partial charge is 0.251 e. The Morgan fingerprint density at radius 3 is 2.50 bits per heavy atom. The molecule has 4 aromatic rings. The summed E-state index contributed by atoms with van der Waals surface area (Å²) >= 11 is 3.37. The summed E-state index contributed by atoms with van der Waals surface area (Å²) in [4.78, 5) is 14.9. The number of fused-ring (bicyclic) bond motifs is 1. The van der Waals surface area contributed by atoms with Gasteiger partial charge in [-0.2, -0.15) is 5.11 Å². The third-order valence-electron chi connectivity index (χ3n) is 3.79. The van der Waals surface area contributed by atoms with Crippen molar-refractivity contribution in [1.29, 1.82) is 0 Å². The molecule has 0 saturated heterocycles. The first-order chi connectivity index (χ1) is 12.6. The maximum atomic E-state index is 12.1. The second kappa shape index (κ2) is 6.57. The summed E-state index contributed by atoms with van der Waals surface area (Å²) in [5.74, 6) is 0.185. The molecule has 8 heteroatoms. The molecule has 0 aliphatic heterocycles. The minimum Gasteiger partial charge on any atom is -0.380 e. The number of nitrogens with zero attached hydrogens (tertiary/aromatic N) is 4. The average Bonchev–Trinajstić information content (AvgIpc) is 2.96. The van der Waals surface area contributed by atoms with Crippen LogP contribution in [0.5, 0.6) is 0 Å². The van der Waals surface area contributed by atoms with Gasteiger partial charge in [0.25, 0.3) is 5.56 Å². The van der Waals surface area contributed by atoms with E-state index in [4.69, 9.17) is 5.73 Å². The van der Waals surface area contributed by atoms with E-state index >= 15 is 0 Å². The third kappa shape index (κ3) is 3.02. The number of aromatic amines is 1. The molecule has 0 radical (unpaired) electrons. The summed E-state index contributed by atoms with van der Waals surface area (Å²) in [7, 11) is 0. The second-order valence-corrected chi connectivity index (χ2v) is 6.47. The summed E-state index contributed by atoms with van der Waals surface area (Å²) < 4.78 is 2.52. The standard InChI is InChI=1S/C18H13BrN6O/c19-12-6-8-13(9-7-12)22-23-16-17(20)24-25-14(10-15(26)21-18(16)25)11-4-2-1-3-5-11/h1-10H,(H2,20,24)(H,21,26). The van der Waals surface area contributed by atoms with Gasteiger partial charge in [-0.25, -0.2) is 4.52 Å². The van der Waals surface area contributed by atoms with Gasteiger partial charge in [0.05, 0.1) is 11.4 Å². The molecule has 3 N–H and O–H groups in total. The van der Waals surface area contributed by atoms with E-state index in [0.717, 1.165) is 10.0 Å². The maximum Gasteiger partial charge on any atom is 0.251 e. The lowest BCUT2D eigenvalue weighted by Gasteiger charge is -2.03. The third-order valence-corrected chi connectivity index (χ3v) is 4.31. The Morgan fingerprint density at radius 1 is 1.04 bits per heavy atom. The van der Waals surface area contributed by atoms with Crippen LogP contribution in [-0.4, -0.2) is 14.6 Å². The van der Waals surface area contributed by atoms with E-state index in [9.17, 15) is 4.79 Å². The van der Waals surface area contributed by atoms with E-state index in [-0.39, 0.29) is 11.4 Å². The number of anilines is 1. The number of hydrogen-bond donors (Lipinski definition) is 2. The van der Waals surface area contributed by atoms with Crippen LogP contribution in [-0.2, 0) is 0 Å². The number of nitrogens with two attached hydrogens (primary N) is 1. The Labute approximate surface area is 156 Å². The highest BCUT2D eigenvalue weighted by Crippen LogP contribution is 2.30. The average molecular weight is 409 g/mol. The Kier molecular flexibility index (Phi) is 4.10. The van der Waals surface area contributed by atoms with Gasteiger partial charge in [-0.05, 0) is 24.3 Å². The van der Waals surface area contributed by atoms with Crippen molar-refractivity contribution in [2.75, 3.05) is 5.73 Å². The summed E-state index contributed by atoms with van der Waals surface area (Å²) in [6, 6.07) is 18.3. The minimum atomic E-state index is -0.267. The monoisotopic (exact) mass is 408 g/mol. The van der Waals surface area contributed by atoms with Gasteiger partial charge in [0.15, 0.2) is 17.2 Å². The lowest BCUT2D eigenvalue weighted by Crippen LogP contribution is -2.09. The van der Waals surface area contributed by atoms with Crippen molar-refractivity contribution in [3.63, 3.8) is 0 Å². The summed E-state index contributed by atoms with van der Waals surface area (Å²) in [6.07, 6.45) is 0. The predicted molar refractivity (Wildman–Crippen MR) is 104 cm³/mol. The van der Waals surface area contributed by atoms with Crippen LogP contribution < -0.4 is 11.3 Å². The molecule has 4 rings (SSSR count). The van der Waals surface area contributed by atoms with Gasteiger partial charge < -0.3 is 10.7 Å². The van der Waals surface area contributed by atoms with Crippen molar-refractivity contribution in [3.05, 3.63) is 75.5 Å². The van der Waals surface area contributed by atoms with E-state index in [1.165, 1.54) is 6.07 Å². The summed E-state index contributed by atoms with van der Waals surface area (Å²) in [5.41, 5.74) is 8.61. The van der Waals surface area contributed by atoms with E-state index in [2.05, 4.69) is 36.2 Å². The van der Waals surface area contributed by atoms with Crippen molar-refractivity contribution in [2.24, 2.45) is 10.2 Å². The first-order valence-electron chi connectivity index (χ1n) is 7.76. The zero-order valence-corrected chi connectivity index (χ0v) is 15.0. The Balaban J connectivity index is 1.86. The number of nitrogen functional groups attached to an aromatic ring is 1. The molecular formula is C18H13BrN6O. The molecule has 0 spiro atoms. The maximum absolute atomic E-state index is 12.1. The van der Waals surface area contributed by atoms with Crippen LogP contribution in [0.1, 0.15) is 0 Å². The van der Waals surface area contributed by atoms with Gasteiger partial charge in [-0.15, -0.1) is 10.2 Å². The normalized spacial score (nSPS) is 11.4. The highest BCUT2D eigenvalue weighted by Gasteiger charge is 2.15. The molecule has 7 nitrogen and oxygen atoms in total. The zero-order valence-electron chi connectivity index (χ0n) is 13.4. The highest BCUT2D eigenvalue weighted by molar-refractivity contribution is 9.10. The molecule has 128 valence electrons. The topological polar surface area (TPSA) is 101 Å². The summed E-state index contributed by atoms with van der Waals surface area (Å²) in [5, 5.41) is 12.7. The minimum absolute atomic E-state index is 0.185. The van der Waals surface area contributed by atoms with Crippen molar-refractivity contribution in [1.82, 2.24) is 14.6 Å². The van der Waals surface area contributed by atoms with Crippen LogP contribution in [0.2, 0.25) is 0 Å². The van der Waals surface area contributed by atoms with E-state index in [1.54, 1.807) is 4.52 Å². The molecule has 2 heterocycles. The van der Waals surface area contributed by atoms with E-state index < -0.39 is 0 Å². The SMILES string of the molecule is Nc1nn2c(-c3ccccc3)cc(=O)[nH]c2c1N=Nc1ccc(Br)cc1. The van der Waals surface area contributed by atoms with Crippen LogP contribution in [0.15, 0.2) is 80.2 Å². The van der Waals surface area contributed by atoms with Crippen LogP contribution in [0.3, 0.4) is 0 Å². The van der Waals surface area contributed by atoms with Gasteiger partial charge in [0.2, 0.25) is 0 Å². The van der Waals surface area contributed by atoms with Gasteiger partial charge in [-0.1, -0.05) is 46.3 Å². The lowest BCUT2D eigenvalue weighted by molar-refractivity contribution is 0.945. The first-order valence-corrected chi connectivity index (χ1v) is 8.55. The number of halogens is 1. The molecule has 2 aromatic heterocycles. The Bertz CT molecular complexity index is 1160. The quantitative estimate of drug-likeness (QED) is 0.489. The zero-order chi connectivity index (χ0) is 18.1. The Hall–Kier alpha value is -3.26. The molecule has 0 atom stereocenters. The van der Waals surface area contributed by atoms with Gasteiger partial charge in [-0.3, -0.25) is 4.79 Å². The summed E-state index contributed by atoms with van der Waals surface area (Å²) in [6.45, 7) is 0. The fourth-order valence-electron chi connectivity index (χ4n) is 2.58. The van der Waals surface area contributed by atoms with E-state index in [1.807, 2.05) is 54.6 Å². The lowest BCUT2D eigenvalue weighted by atomic mass is 10.1. The van der Waals surface area contributed by atoms with Crippen molar-refractivity contribution in [2.45, 2.75) is 0 Å². The molecule has 0 aliphatic carbocycles. The van der Waals surface area contributed by atoms with Crippen LogP contribution in [0, 0.1) is 0 Å². The fraction of sp³-hybridized carbons (Fsp3) is 0. The van der Waals surface area contributed by atoms with Crippen molar-refractivity contribution >= 4 is 38.8 Å². The molecule has 0 saturated carbocycles. The molecule has 0 aliphatic rings. The molecule has 2 aromatic carbocycles. The van der Waals surface area contributed by atoms with Gasteiger partial charge in [0, 0.05) is 16.1 Å². The van der Waals surface area contributed by atoms with Crippen LogP contribution >= 0.6 is 15.9 Å². The van der Waals surface area contributed by atoms with Gasteiger partial charge >= 0.3 is 0 Å². The van der Waals surface area contributed by atoms with Crippen LogP contribution in [0.25, 0.3) is 16.9 Å². The fourth-order valence-corrected chi connectivity index (χ4v) is 2.84. The first kappa shape index (κ1) is 16.2. The molecule has 0 unspecified atom stereocenters. The number of H-pyrrole nitrogens is 1. The van der Waals surface area contributed by atoms with Crippen LogP contribution in [0.4, 0.5) is 17.2 Å². The van der Waals surface area contributed by atoms with E-state index in [0.29, 0.717) is 22.7 Å².